The number of aryl methyl sites for hydroxylation is 1. The van der Waals surface area contributed by atoms with Crippen molar-refractivity contribution in [3.63, 3.8) is 0 Å². The number of hydrogen-bond donors (Lipinski definition) is 1. The molecule has 3 rings (SSSR count). The standard InChI is InChI=1S/C16H15NO/c1-2-11-10-14(12-6-4-3-5-7-12)13-8-9-18-16(13)15(11)17/h3-10H,2,17H2,1H3. The van der Waals surface area contributed by atoms with Gasteiger partial charge in [0.15, 0.2) is 5.58 Å². The van der Waals surface area contributed by atoms with E-state index in [2.05, 4.69) is 25.1 Å². The molecule has 0 saturated carbocycles. The van der Waals surface area contributed by atoms with Crippen LogP contribution >= 0.6 is 0 Å². The maximum atomic E-state index is 6.13. The van der Waals surface area contributed by atoms with Gasteiger partial charge in [0, 0.05) is 5.39 Å². The van der Waals surface area contributed by atoms with Crippen LogP contribution in [-0.4, -0.2) is 0 Å². The molecule has 2 N–H and O–H groups in total. The van der Waals surface area contributed by atoms with Crippen LogP contribution in [0.1, 0.15) is 12.5 Å². The average Bonchev–Trinajstić information content (AvgIpc) is 2.90. The van der Waals surface area contributed by atoms with Crippen molar-refractivity contribution in [2.24, 2.45) is 0 Å². The van der Waals surface area contributed by atoms with E-state index >= 15 is 0 Å². The van der Waals surface area contributed by atoms with E-state index in [1.54, 1.807) is 6.26 Å². The van der Waals surface area contributed by atoms with Crippen molar-refractivity contribution in [3.05, 3.63) is 54.3 Å². The van der Waals surface area contributed by atoms with Crippen molar-refractivity contribution in [1.29, 1.82) is 0 Å². The molecule has 2 aromatic carbocycles. The van der Waals surface area contributed by atoms with Crippen LogP contribution in [-0.2, 0) is 6.42 Å². The van der Waals surface area contributed by atoms with E-state index in [1.165, 1.54) is 11.1 Å². The summed E-state index contributed by atoms with van der Waals surface area (Å²) in [5.74, 6) is 0. The normalized spacial score (nSPS) is 10.9. The van der Waals surface area contributed by atoms with E-state index < -0.39 is 0 Å². The molecule has 0 aliphatic carbocycles. The first-order valence-corrected chi connectivity index (χ1v) is 6.15. The van der Waals surface area contributed by atoms with Crippen molar-refractivity contribution in [3.8, 4) is 11.1 Å². The quantitative estimate of drug-likeness (QED) is 0.677. The number of furan rings is 1. The van der Waals surface area contributed by atoms with E-state index in [4.69, 9.17) is 10.2 Å². The second kappa shape index (κ2) is 4.22. The Balaban J connectivity index is 2.35. The van der Waals surface area contributed by atoms with Crippen molar-refractivity contribution < 1.29 is 4.42 Å². The highest BCUT2D eigenvalue weighted by Crippen LogP contribution is 2.35. The molecule has 0 radical (unpaired) electrons. The van der Waals surface area contributed by atoms with Crippen LogP contribution < -0.4 is 5.73 Å². The van der Waals surface area contributed by atoms with Crippen molar-refractivity contribution in [1.82, 2.24) is 0 Å². The number of rotatable bonds is 2. The van der Waals surface area contributed by atoms with Gasteiger partial charge in [-0.05, 0) is 35.2 Å². The van der Waals surface area contributed by atoms with Gasteiger partial charge in [0.1, 0.15) is 0 Å². The van der Waals surface area contributed by atoms with Crippen molar-refractivity contribution >= 4 is 16.7 Å². The zero-order valence-electron chi connectivity index (χ0n) is 10.3. The highest BCUT2D eigenvalue weighted by atomic mass is 16.3. The molecule has 18 heavy (non-hydrogen) atoms. The summed E-state index contributed by atoms with van der Waals surface area (Å²) in [6, 6.07) is 14.5. The fourth-order valence-corrected chi connectivity index (χ4v) is 2.35. The molecule has 0 saturated heterocycles. The minimum absolute atomic E-state index is 0.761. The van der Waals surface area contributed by atoms with Crippen LogP contribution in [0.5, 0.6) is 0 Å². The SMILES string of the molecule is CCc1cc(-c2ccccc2)c2ccoc2c1N. The fraction of sp³-hybridized carbons (Fsp3) is 0.125. The summed E-state index contributed by atoms with van der Waals surface area (Å²) >= 11 is 0. The Labute approximate surface area is 106 Å². The van der Waals surface area contributed by atoms with Crippen LogP contribution in [0.15, 0.2) is 53.1 Å². The second-order valence-electron chi connectivity index (χ2n) is 4.38. The summed E-state index contributed by atoms with van der Waals surface area (Å²) in [6.45, 7) is 2.11. The third-order valence-electron chi connectivity index (χ3n) is 3.33. The van der Waals surface area contributed by atoms with E-state index in [0.29, 0.717) is 0 Å². The molecule has 1 heterocycles. The van der Waals surface area contributed by atoms with Crippen LogP contribution in [0, 0.1) is 0 Å². The lowest BCUT2D eigenvalue weighted by molar-refractivity contribution is 0.617. The molecular formula is C16H15NO. The number of nitrogens with two attached hydrogens (primary N) is 1. The Morgan fingerprint density at radius 3 is 2.61 bits per heavy atom. The third-order valence-corrected chi connectivity index (χ3v) is 3.33. The molecule has 3 aromatic rings. The predicted octanol–water partition coefficient (Wildman–Crippen LogP) is 4.24. The summed E-state index contributed by atoms with van der Waals surface area (Å²) in [4.78, 5) is 0. The van der Waals surface area contributed by atoms with Gasteiger partial charge in [-0.1, -0.05) is 37.3 Å². The topological polar surface area (TPSA) is 39.2 Å². The summed E-state index contributed by atoms with van der Waals surface area (Å²) < 4.78 is 5.53. The van der Waals surface area contributed by atoms with Gasteiger partial charge in [-0.25, -0.2) is 0 Å². The molecule has 0 atom stereocenters. The largest absolute Gasteiger partial charge is 0.462 e. The minimum Gasteiger partial charge on any atom is -0.462 e. The Morgan fingerprint density at radius 2 is 1.89 bits per heavy atom. The second-order valence-corrected chi connectivity index (χ2v) is 4.38. The first-order chi connectivity index (χ1) is 8.81. The molecule has 2 heteroatoms. The van der Waals surface area contributed by atoms with E-state index in [9.17, 15) is 0 Å². The Morgan fingerprint density at radius 1 is 1.11 bits per heavy atom. The van der Waals surface area contributed by atoms with Gasteiger partial charge >= 0.3 is 0 Å². The number of fused-ring (bicyclic) bond motifs is 1. The van der Waals surface area contributed by atoms with Gasteiger partial charge in [0.2, 0.25) is 0 Å². The Bertz CT molecular complexity index is 683. The van der Waals surface area contributed by atoms with E-state index in [1.807, 2.05) is 24.3 Å². The molecule has 0 amide bonds. The van der Waals surface area contributed by atoms with Crippen LogP contribution in [0.2, 0.25) is 0 Å². The zero-order valence-corrected chi connectivity index (χ0v) is 10.3. The van der Waals surface area contributed by atoms with E-state index in [-0.39, 0.29) is 0 Å². The Hall–Kier alpha value is -2.22. The lowest BCUT2D eigenvalue weighted by Crippen LogP contribution is -1.94. The molecule has 1 aromatic heterocycles. The van der Waals surface area contributed by atoms with Crippen molar-refractivity contribution in [2.75, 3.05) is 5.73 Å². The maximum absolute atomic E-state index is 6.13. The Kier molecular flexibility index (Phi) is 2.56. The van der Waals surface area contributed by atoms with Gasteiger partial charge < -0.3 is 10.2 Å². The number of benzene rings is 2. The monoisotopic (exact) mass is 237 g/mol. The van der Waals surface area contributed by atoms with E-state index in [0.717, 1.165) is 28.6 Å². The van der Waals surface area contributed by atoms with Crippen LogP contribution in [0.4, 0.5) is 5.69 Å². The fourth-order valence-electron chi connectivity index (χ4n) is 2.35. The van der Waals surface area contributed by atoms with Gasteiger partial charge in [-0.15, -0.1) is 0 Å². The highest BCUT2D eigenvalue weighted by molar-refractivity contribution is 6.01. The average molecular weight is 237 g/mol. The highest BCUT2D eigenvalue weighted by Gasteiger charge is 2.12. The first-order valence-electron chi connectivity index (χ1n) is 6.15. The summed E-state index contributed by atoms with van der Waals surface area (Å²) in [5.41, 5.74) is 11.2. The lowest BCUT2D eigenvalue weighted by Gasteiger charge is -2.09. The zero-order chi connectivity index (χ0) is 12.5. The molecule has 0 bridgehead atoms. The molecule has 90 valence electrons. The number of nitrogen functional groups attached to an aromatic ring is 1. The molecule has 2 nitrogen and oxygen atoms in total. The number of hydrogen-bond acceptors (Lipinski definition) is 2. The number of anilines is 1. The maximum Gasteiger partial charge on any atom is 0.157 e. The molecular weight excluding hydrogens is 222 g/mol. The smallest absolute Gasteiger partial charge is 0.157 e. The summed E-state index contributed by atoms with van der Waals surface area (Å²) in [7, 11) is 0. The lowest BCUT2D eigenvalue weighted by atomic mass is 9.97. The molecule has 0 spiro atoms. The van der Waals surface area contributed by atoms with Crippen molar-refractivity contribution in [2.45, 2.75) is 13.3 Å². The van der Waals surface area contributed by atoms with Crippen LogP contribution in [0.3, 0.4) is 0 Å². The predicted molar refractivity (Wildman–Crippen MR) is 75.4 cm³/mol. The molecule has 0 unspecified atom stereocenters. The molecule has 0 aliphatic rings. The van der Waals surface area contributed by atoms with Gasteiger partial charge in [0.05, 0.1) is 12.0 Å². The van der Waals surface area contributed by atoms with Gasteiger partial charge in [0.25, 0.3) is 0 Å². The minimum atomic E-state index is 0.761. The summed E-state index contributed by atoms with van der Waals surface area (Å²) in [6.07, 6.45) is 2.61. The summed E-state index contributed by atoms with van der Waals surface area (Å²) in [5, 5.41) is 1.08. The molecule has 0 fully saturated rings. The third kappa shape index (κ3) is 1.58. The van der Waals surface area contributed by atoms with Crippen LogP contribution in [0.25, 0.3) is 22.1 Å². The van der Waals surface area contributed by atoms with Gasteiger partial charge in [-0.2, -0.15) is 0 Å². The van der Waals surface area contributed by atoms with Gasteiger partial charge in [-0.3, -0.25) is 0 Å². The first kappa shape index (κ1) is 10.9. The molecule has 0 aliphatic heterocycles.